The van der Waals surface area contributed by atoms with E-state index in [9.17, 15) is 9.59 Å². The lowest BCUT2D eigenvalue weighted by atomic mass is 10.1. The molecule has 1 heterocycles. The zero-order valence-electron chi connectivity index (χ0n) is 13.0. The summed E-state index contributed by atoms with van der Waals surface area (Å²) < 4.78 is 5.32. The fraction of sp³-hybridized carbons (Fsp3) is 0.158. The van der Waals surface area contributed by atoms with Crippen LogP contribution in [0.2, 0.25) is 0 Å². The van der Waals surface area contributed by atoms with Crippen LogP contribution in [0.25, 0.3) is 11.0 Å². The Labute approximate surface area is 133 Å². The molecule has 1 aromatic heterocycles. The van der Waals surface area contributed by atoms with Gasteiger partial charge in [0, 0.05) is 5.39 Å². The zero-order valence-corrected chi connectivity index (χ0v) is 13.0. The summed E-state index contributed by atoms with van der Waals surface area (Å²) in [7, 11) is 0. The third-order valence-corrected chi connectivity index (χ3v) is 3.85. The molecule has 4 nitrogen and oxygen atoms in total. The molecule has 1 N–H and O–H groups in total. The van der Waals surface area contributed by atoms with E-state index in [-0.39, 0.29) is 11.6 Å². The number of hydrogen-bond acceptors (Lipinski definition) is 3. The first-order valence-electron chi connectivity index (χ1n) is 7.45. The van der Waals surface area contributed by atoms with E-state index < -0.39 is 11.5 Å². The van der Waals surface area contributed by atoms with Gasteiger partial charge in [-0.3, -0.25) is 4.79 Å². The second-order valence-electron chi connectivity index (χ2n) is 5.55. The van der Waals surface area contributed by atoms with Crippen molar-refractivity contribution in [3.63, 3.8) is 0 Å². The van der Waals surface area contributed by atoms with Crippen LogP contribution in [0.4, 0.5) is 0 Å². The van der Waals surface area contributed by atoms with Gasteiger partial charge in [0.15, 0.2) is 0 Å². The van der Waals surface area contributed by atoms with Crippen molar-refractivity contribution in [1.82, 2.24) is 5.32 Å². The maximum atomic E-state index is 12.4. The van der Waals surface area contributed by atoms with E-state index in [1.807, 2.05) is 62.4 Å². The molecule has 4 heteroatoms. The second-order valence-corrected chi connectivity index (χ2v) is 5.55. The Morgan fingerprint density at radius 2 is 1.83 bits per heavy atom. The smallest absolute Gasteiger partial charge is 0.349 e. The number of aryl methyl sites for hydroxylation is 1. The fourth-order valence-electron chi connectivity index (χ4n) is 2.55. The van der Waals surface area contributed by atoms with Gasteiger partial charge in [0.05, 0.1) is 6.04 Å². The topological polar surface area (TPSA) is 59.3 Å². The van der Waals surface area contributed by atoms with Crippen molar-refractivity contribution in [2.45, 2.75) is 19.9 Å². The Balaban J connectivity index is 1.92. The Morgan fingerprint density at radius 1 is 1.09 bits per heavy atom. The summed E-state index contributed by atoms with van der Waals surface area (Å²) in [5.74, 6) is -0.432. The molecule has 3 aromatic rings. The summed E-state index contributed by atoms with van der Waals surface area (Å²) in [5.41, 5.74) is 1.76. The van der Waals surface area contributed by atoms with Gasteiger partial charge < -0.3 is 9.73 Å². The minimum atomic E-state index is -0.621. The lowest BCUT2D eigenvalue weighted by Gasteiger charge is -2.14. The molecule has 1 amide bonds. The van der Waals surface area contributed by atoms with Crippen LogP contribution < -0.4 is 10.9 Å². The van der Waals surface area contributed by atoms with Gasteiger partial charge in [-0.2, -0.15) is 0 Å². The number of carbonyl (C=O) groups excluding carboxylic acids is 1. The van der Waals surface area contributed by atoms with Crippen LogP contribution in [0, 0.1) is 6.92 Å². The van der Waals surface area contributed by atoms with Gasteiger partial charge in [0.25, 0.3) is 5.91 Å². The lowest BCUT2D eigenvalue weighted by Crippen LogP contribution is -2.30. The van der Waals surface area contributed by atoms with Crippen molar-refractivity contribution >= 4 is 16.9 Å². The van der Waals surface area contributed by atoms with Gasteiger partial charge in [-0.25, -0.2) is 4.79 Å². The van der Waals surface area contributed by atoms with Gasteiger partial charge in [-0.1, -0.05) is 48.5 Å². The summed E-state index contributed by atoms with van der Waals surface area (Å²) in [5, 5.41) is 3.57. The SMILES string of the molecule is Cc1cccc2cc(C(=O)NC(C)c3ccccc3)c(=O)oc12. The number of fused-ring (bicyclic) bond motifs is 1. The predicted molar refractivity (Wildman–Crippen MR) is 89.5 cm³/mol. The standard InChI is InChI=1S/C19H17NO3/c1-12-7-6-10-15-11-16(19(22)23-17(12)15)18(21)20-13(2)14-8-4-3-5-9-14/h3-11,13H,1-2H3,(H,20,21). The Bertz CT molecular complexity index is 913. The van der Waals surface area contributed by atoms with Gasteiger partial charge in [-0.15, -0.1) is 0 Å². The quantitative estimate of drug-likeness (QED) is 0.752. The van der Waals surface area contributed by atoms with Crippen molar-refractivity contribution in [3.8, 4) is 0 Å². The molecule has 116 valence electrons. The first-order valence-corrected chi connectivity index (χ1v) is 7.45. The maximum absolute atomic E-state index is 12.4. The molecule has 0 saturated carbocycles. The first kappa shape index (κ1) is 15.0. The molecule has 1 unspecified atom stereocenters. The minimum Gasteiger partial charge on any atom is -0.422 e. The predicted octanol–water partition coefficient (Wildman–Crippen LogP) is 3.59. The van der Waals surface area contributed by atoms with Crippen LogP contribution in [-0.2, 0) is 0 Å². The van der Waals surface area contributed by atoms with Crippen molar-refractivity contribution in [2.75, 3.05) is 0 Å². The van der Waals surface area contributed by atoms with E-state index >= 15 is 0 Å². The lowest BCUT2D eigenvalue weighted by molar-refractivity contribution is 0.0936. The molecular weight excluding hydrogens is 290 g/mol. The van der Waals surface area contributed by atoms with E-state index in [2.05, 4.69) is 5.32 Å². The van der Waals surface area contributed by atoms with Crippen molar-refractivity contribution in [3.05, 3.63) is 81.7 Å². The number of nitrogens with one attached hydrogen (secondary N) is 1. The summed E-state index contributed by atoms with van der Waals surface area (Å²) in [6, 6.07) is 16.5. The van der Waals surface area contributed by atoms with Crippen LogP contribution in [0.1, 0.15) is 34.5 Å². The molecule has 0 fully saturated rings. The Hall–Kier alpha value is -2.88. The number of hydrogen-bond donors (Lipinski definition) is 1. The van der Waals surface area contributed by atoms with Gasteiger partial charge in [0.1, 0.15) is 11.1 Å². The van der Waals surface area contributed by atoms with Gasteiger partial charge >= 0.3 is 5.63 Å². The summed E-state index contributed by atoms with van der Waals surface area (Å²) in [6.45, 7) is 3.74. The monoisotopic (exact) mass is 307 g/mol. The van der Waals surface area contributed by atoms with Crippen LogP contribution in [0.5, 0.6) is 0 Å². The number of amides is 1. The van der Waals surface area contributed by atoms with E-state index in [0.29, 0.717) is 5.58 Å². The van der Waals surface area contributed by atoms with Crippen LogP contribution in [0.3, 0.4) is 0 Å². The number of benzene rings is 2. The summed E-state index contributed by atoms with van der Waals surface area (Å²) in [4.78, 5) is 24.5. The molecule has 0 saturated heterocycles. The Morgan fingerprint density at radius 3 is 2.57 bits per heavy atom. The third kappa shape index (κ3) is 3.01. The highest BCUT2D eigenvalue weighted by Gasteiger charge is 2.17. The van der Waals surface area contributed by atoms with Crippen molar-refractivity contribution in [1.29, 1.82) is 0 Å². The molecule has 0 aliphatic carbocycles. The first-order chi connectivity index (χ1) is 11.1. The highest BCUT2D eigenvalue weighted by Crippen LogP contribution is 2.18. The summed E-state index contributed by atoms with van der Waals surface area (Å²) in [6.07, 6.45) is 0. The van der Waals surface area contributed by atoms with Crippen LogP contribution in [0.15, 0.2) is 63.8 Å². The van der Waals surface area contributed by atoms with Crippen molar-refractivity contribution in [2.24, 2.45) is 0 Å². The molecule has 0 radical (unpaired) electrons. The van der Waals surface area contributed by atoms with Crippen molar-refractivity contribution < 1.29 is 9.21 Å². The molecule has 2 aromatic carbocycles. The minimum absolute atomic E-state index is 0.0193. The average Bonchev–Trinajstić information content (AvgIpc) is 2.56. The molecule has 0 aliphatic rings. The second kappa shape index (κ2) is 6.08. The van der Waals surface area contributed by atoms with Crippen LogP contribution >= 0.6 is 0 Å². The highest BCUT2D eigenvalue weighted by atomic mass is 16.4. The zero-order chi connectivity index (χ0) is 16.4. The average molecular weight is 307 g/mol. The molecule has 0 aliphatic heterocycles. The molecular formula is C19H17NO3. The molecule has 0 bridgehead atoms. The number of para-hydroxylation sites is 1. The van der Waals surface area contributed by atoms with E-state index in [4.69, 9.17) is 4.42 Å². The maximum Gasteiger partial charge on any atom is 0.349 e. The van der Waals surface area contributed by atoms with E-state index in [1.54, 1.807) is 6.07 Å². The normalized spacial score (nSPS) is 12.1. The fourth-order valence-corrected chi connectivity index (χ4v) is 2.55. The highest BCUT2D eigenvalue weighted by molar-refractivity contribution is 5.97. The number of carbonyl (C=O) groups is 1. The summed E-state index contributed by atoms with van der Waals surface area (Å²) >= 11 is 0. The molecule has 1 atom stereocenters. The number of rotatable bonds is 3. The molecule has 3 rings (SSSR count). The third-order valence-electron chi connectivity index (χ3n) is 3.85. The molecule has 0 spiro atoms. The van der Waals surface area contributed by atoms with E-state index in [1.165, 1.54) is 0 Å². The van der Waals surface area contributed by atoms with E-state index in [0.717, 1.165) is 16.5 Å². The van der Waals surface area contributed by atoms with Gasteiger partial charge in [0.2, 0.25) is 0 Å². The largest absolute Gasteiger partial charge is 0.422 e. The molecule has 23 heavy (non-hydrogen) atoms. The Kier molecular flexibility index (Phi) is 3.98. The van der Waals surface area contributed by atoms with Gasteiger partial charge in [-0.05, 0) is 31.0 Å². The van der Waals surface area contributed by atoms with Crippen LogP contribution in [-0.4, -0.2) is 5.91 Å².